The van der Waals surface area contributed by atoms with Gasteiger partial charge in [-0.1, -0.05) is 0 Å². The molecule has 1 N–H and O–H groups in total. The maximum atomic E-state index is 10.6. The number of hydrogen-bond acceptors (Lipinski definition) is 3. The Bertz CT molecular complexity index is 160. The Morgan fingerprint density at radius 2 is 1.90 bits per heavy atom. The lowest BCUT2D eigenvalue weighted by Gasteiger charge is -2.18. The van der Waals surface area contributed by atoms with Crippen molar-refractivity contribution in [3.8, 4) is 0 Å². The predicted octanol–water partition coefficient (Wildman–Crippen LogP) is 1.24. The van der Waals surface area contributed by atoms with Gasteiger partial charge in [0.2, 0.25) is 0 Å². The topological polar surface area (TPSA) is 50.2 Å². The molecule has 0 aromatic carbocycles. The molecule has 0 unspecified atom stereocenters. The van der Waals surface area contributed by atoms with Crippen molar-refractivity contribution in [2.45, 2.75) is 26.4 Å². The number of esters is 1. The highest BCUT2D eigenvalue weighted by Gasteiger charge is 2.17. The van der Waals surface area contributed by atoms with Gasteiger partial charge in [0.15, 0.2) is 5.04 Å². The molecule has 0 saturated carbocycles. The smallest absolute Gasteiger partial charge is 0.363 e. The number of nitrogens with one attached hydrogen (secondary N) is 1. The molecule has 0 atom stereocenters. The van der Waals surface area contributed by atoms with E-state index in [1.54, 1.807) is 20.8 Å². The fourth-order valence-corrected chi connectivity index (χ4v) is 0.372. The van der Waals surface area contributed by atoms with Crippen molar-refractivity contribution < 1.29 is 9.53 Å². The van der Waals surface area contributed by atoms with Gasteiger partial charge in [0.25, 0.3) is 0 Å². The molecule has 0 aromatic heterocycles. The van der Waals surface area contributed by atoms with Crippen LogP contribution in [-0.2, 0) is 9.53 Å². The van der Waals surface area contributed by atoms with Crippen molar-refractivity contribution in [1.29, 1.82) is 5.41 Å². The summed E-state index contributed by atoms with van der Waals surface area (Å²) >= 11 is 3.51. The molecule has 58 valence electrons. The monoisotopic (exact) mass is 161 g/mol. The van der Waals surface area contributed by atoms with E-state index in [9.17, 15) is 4.79 Å². The van der Waals surface area contributed by atoms with Gasteiger partial charge in [0, 0.05) is 0 Å². The normalized spacial score (nSPS) is 10.8. The van der Waals surface area contributed by atoms with Gasteiger partial charge in [0.05, 0.1) is 0 Å². The number of carbonyl (C=O) groups excluding carboxylic acids is 1. The molecule has 0 aliphatic rings. The Labute approximate surface area is 65.7 Å². The van der Waals surface area contributed by atoms with E-state index in [4.69, 9.17) is 10.1 Å². The number of ether oxygens (including phenoxy) is 1. The highest BCUT2D eigenvalue weighted by molar-refractivity contribution is 7.99. The summed E-state index contributed by atoms with van der Waals surface area (Å²) in [6.07, 6.45) is 0. The van der Waals surface area contributed by atoms with Gasteiger partial charge in [0.1, 0.15) is 5.60 Å². The van der Waals surface area contributed by atoms with E-state index in [0.29, 0.717) is 0 Å². The summed E-state index contributed by atoms with van der Waals surface area (Å²) in [6.45, 7) is 5.21. The first-order chi connectivity index (χ1) is 4.33. The molecule has 0 rings (SSSR count). The van der Waals surface area contributed by atoms with Gasteiger partial charge < -0.3 is 4.74 Å². The minimum Gasteiger partial charge on any atom is -0.455 e. The van der Waals surface area contributed by atoms with Crippen LogP contribution >= 0.6 is 12.6 Å². The van der Waals surface area contributed by atoms with Gasteiger partial charge in [-0.05, 0) is 20.8 Å². The zero-order valence-electron chi connectivity index (χ0n) is 6.26. The average Bonchev–Trinajstić information content (AvgIpc) is 1.60. The average molecular weight is 161 g/mol. The molecule has 0 spiro atoms. The van der Waals surface area contributed by atoms with E-state index in [1.165, 1.54) is 0 Å². The quantitative estimate of drug-likeness (QED) is 0.263. The molecule has 4 heteroatoms. The number of rotatable bonds is 1. The number of hydrogen-bond donors (Lipinski definition) is 2. The first-order valence-corrected chi connectivity index (χ1v) is 3.28. The second kappa shape index (κ2) is 3.05. The molecule has 10 heavy (non-hydrogen) atoms. The molecule has 3 nitrogen and oxygen atoms in total. The summed E-state index contributed by atoms with van der Waals surface area (Å²) in [7, 11) is 0. The summed E-state index contributed by atoms with van der Waals surface area (Å²) in [6, 6.07) is 0. The van der Waals surface area contributed by atoms with Crippen molar-refractivity contribution in [2.24, 2.45) is 0 Å². The first kappa shape index (κ1) is 9.49. The second-order valence-corrected chi connectivity index (χ2v) is 3.30. The molecular formula is C6H11NO2S. The lowest BCUT2D eigenvalue weighted by atomic mass is 10.2. The zero-order valence-corrected chi connectivity index (χ0v) is 7.16. The standard InChI is InChI=1S/C6H11NO2S/c1-6(2,3)9-5(8)4(7)10/h1-3H3,(H2,7,10). The summed E-state index contributed by atoms with van der Waals surface area (Å²) in [5.74, 6) is -0.684. The maximum Gasteiger partial charge on any atom is 0.363 e. The summed E-state index contributed by atoms with van der Waals surface area (Å²) < 4.78 is 4.76. The van der Waals surface area contributed by atoms with Crippen molar-refractivity contribution in [3.05, 3.63) is 0 Å². The van der Waals surface area contributed by atoms with Crippen LogP contribution in [0.2, 0.25) is 0 Å². The van der Waals surface area contributed by atoms with Crippen LogP contribution in [0.4, 0.5) is 0 Å². The van der Waals surface area contributed by atoms with Crippen molar-refractivity contribution in [1.82, 2.24) is 0 Å². The van der Waals surface area contributed by atoms with Crippen LogP contribution in [-0.4, -0.2) is 16.6 Å². The lowest BCUT2D eigenvalue weighted by molar-refractivity contribution is -0.145. The van der Waals surface area contributed by atoms with E-state index < -0.39 is 11.6 Å². The number of thiol groups is 1. The lowest BCUT2D eigenvalue weighted by Crippen LogP contribution is -2.26. The summed E-state index contributed by atoms with van der Waals surface area (Å²) in [5.41, 5.74) is -0.536. The van der Waals surface area contributed by atoms with Crippen LogP contribution in [0.3, 0.4) is 0 Å². The van der Waals surface area contributed by atoms with E-state index in [2.05, 4.69) is 12.6 Å². The summed E-state index contributed by atoms with van der Waals surface area (Å²) in [4.78, 5) is 10.6. The Kier molecular flexibility index (Phi) is 2.90. The third-order valence-corrected chi connectivity index (χ3v) is 0.775. The Hall–Kier alpha value is -0.510. The van der Waals surface area contributed by atoms with Crippen LogP contribution in [0, 0.1) is 5.41 Å². The summed E-state index contributed by atoms with van der Waals surface area (Å²) in [5, 5.41) is 6.40. The Morgan fingerprint density at radius 3 is 2.00 bits per heavy atom. The van der Waals surface area contributed by atoms with E-state index in [1.807, 2.05) is 0 Å². The molecule has 0 fully saturated rings. The zero-order chi connectivity index (χ0) is 8.36. The molecule has 0 bridgehead atoms. The van der Waals surface area contributed by atoms with Gasteiger partial charge in [-0.3, -0.25) is 5.41 Å². The second-order valence-electron chi connectivity index (χ2n) is 2.85. The molecule has 0 saturated heterocycles. The van der Waals surface area contributed by atoms with Crippen LogP contribution in [0.25, 0.3) is 0 Å². The molecule has 0 radical (unpaired) electrons. The van der Waals surface area contributed by atoms with Crippen LogP contribution in [0.5, 0.6) is 0 Å². The van der Waals surface area contributed by atoms with Gasteiger partial charge in [-0.2, -0.15) is 0 Å². The molecule has 0 heterocycles. The fraction of sp³-hybridized carbons (Fsp3) is 0.667. The Morgan fingerprint density at radius 1 is 1.50 bits per heavy atom. The van der Waals surface area contributed by atoms with Gasteiger partial charge in [-0.15, -0.1) is 12.6 Å². The maximum absolute atomic E-state index is 10.6. The highest BCUT2D eigenvalue weighted by Crippen LogP contribution is 2.07. The SMILES string of the molecule is CC(C)(C)OC(=O)C(=N)S. The van der Waals surface area contributed by atoms with Crippen molar-refractivity contribution in [2.75, 3.05) is 0 Å². The highest BCUT2D eigenvalue weighted by atomic mass is 32.1. The van der Waals surface area contributed by atoms with Crippen LogP contribution in [0.1, 0.15) is 20.8 Å². The Balaban J connectivity index is 3.93. The number of carbonyl (C=O) groups is 1. The molecule has 0 amide bonds. The minimum absolute atomic E-state index is 0.366. The third-order valence-electron chi connectivity index (χ3n) is 0.592. The predicted molar refractivity (Wildman–Crippen MR) is 42.6 cm³/mol. The van der Waals surface area contributed by atoms with E-state index in [-0.39, 0.29) is 5.04 Å². The van der Waals surface area contributed by atoms with Crippen LogP contribution < -0.4 is 0 Å². The molecular weight excluding hydrogens is 150 g/mol. The van der Waals surface area contributed by atoms with Crippen LogP contribution in [0.15, 0.2) is 0 Å². The third kappa shape index (κ3) is 4.38. The molecule has 0 aliphatic carbocycles. The fourth-order valence-electron chi connectivity index (χ4n) is 0.326. The van der Waals surface area contributed by atoms with Gasteiger partial charge in [-0.25, -0.2) is 4.79 Å². The largest absolute Gasteiger partial charge is 0.455 e. The molecule has 0 aromatic rings. The van der Waals surface area contributed by atoms with Crippen molar-refractivity contribution in [3.63, 3.8) is 0 Å². The molecule has 0 aliphatic heterocycles. The van der Waals surface area contributed by atoms with E-state index in [0.717, 1.165) is 0 Å². The minimum atomic E-state index is -0.684. The first-order valence-electron chi connectivity index (χ1n) is 2.84. The van der Waals surface area contributed by atoms with Crippen molar-refractivity contribution >= 4 is 23.6 Å². The van der Waals surface area contributed by atoms with E-state index >= 15 is 0 Å². The van der Waals surface area contributed by atoms with Gasteiger partial charge >= 0.3 is 5.97 Å².